The van der Waals surface area contributed by atoms with Gasteiger partial charge in [0.25, 0.3) is 5.91 Å². The summed E-state index contributed by atoms with van der Waals surface area (Å²) in [5, 5.41) is 17.1. The number of hydrogen-bond acceptors (Lipinski definition) is 4. The lowest BCUT2D eigenvalue weighted by Crippen LogP contribution is -2.32. The molecular weight excluding hydrogens is 448 g/mol. The number of aliphatic hydroxyl groups excluding tert-OH is 1. The van der Waals surface area contributed by atoms with Gasteiger partial charge >= 0.3 is 0 Å². The third-order valence-corrected chi connectivity index (χ3v) is 6.85. The Morgan fingerprint density at radius 2 is 1.72 bits per heavy atom. The number of amides is 1. The predicted octanol–water partition coefficient (Wildman–Crippen LogP) is 4.34. The van der Waals surface area contributed by atoms with Gasteiger partial charge in [0.05, 0.1) is 13.2 Å². The number of carbonyl (C=O) groups excluding carboxylic acids is 1. The summed E-state index contributed by atoms with van der Waals surface area (Å²) in [5.74, 6) is -0.170. The molecule has 0 unspecified atom stereocenters. The van der Waals surface area contributed by atoms with Gasteiger partial charge in [-0.1, -0.05) is 78.9 Å². The van der Waals surface area contributed by atoms with Gasteiger partial charge in [-0.15, -0.1) is 0 Å². The number of aliphatic hydroxyl groups is 1. The van der Waals surface area contributed by atoms with Crippen LogP contribution in [0.4, 0.5) is 0 Å². The summed E-state index contributed by atoms with van der Waals surface area (Å²) < 4.78 is 1.81. The molecule has 36 heavy (non-hydrogen) atoms. The third kappa shape index (κ3) is 5.25. The van der Waals surface area contributed by atoms with E-state index in [0.717, 1.165) is 36.3 Å². The summed E-state index contributed by atoms with van der Waals surface area (Å²) >= 11 is 0. The van der Waals surface area contributed by atoms with Crippen LogP contribution in [0.2, 0.25) is 0 Å². The largest absolute Gasteiger partial charge is 0.394 e. The van der Waals surface area contributed by atoms with Crippen molar-refractivity contribution in [3.05, 3.63) is 113 Å². The van der Waals surface area contributed by atoms with Crippen molar-refractivity contribution in [3.8, 4) is 11.1 Å². The van der Waals surface area contributed by atoms with Crippen LogP contribution < -0.4 is 5.32 Å². The first-order valence-electron chi connectivity index (χ1n) is 12.5. The number of nitrogens with one attached hydrogen (secondary N) is 1. The van der Waals surface area contributed by atoms with Crippen LogP contribution in [-0.4, -0.2) is 38.8 Å². The summed E-state index contributed by atoms with van der Waals surface area (Å²) in [6.07, 6.45) is 0.801. The van der Waals surface area contributed by atoms with Crippen LogP contribution in [0.25, 0.3) is 11.1 Å². The fourth-order valence-corrected chi connectivity index (χ4v) is 4.95. The maximum atomic E-state index is 13.1. The molecule has 4 aromatic rings. The molecule has 6 heteroatoms. The lowest BCUT2D eigenvalue weighted by atomic mass is 9.99. The molecule has 0 atom stereocenters. The number of benzene rings is 3. The lowest BCUT2D eigenvalue weighted by Gasteiger charge is -2.27. The van der Waals surface area contributed by atoms with E-state index in [1.165, 1.54) is 22.3 Å². The van der Waals surface area contributed by atoms with Gasteiger partial charge in [-0.05, 0) is 34.7 Å². The van der Waals surface area contributed by atoms with Crippen molar-refractivity contribution in [2.45, 2.75) is 39.5 Å². The molecule has 184 valence electrons. The van der Waals surface area contributed by atoms with E-state index in [-0.39, 0.29) is 12.5 Å². The van der Waals surface area contributed by atoms with E-state index in [2.05, 4.69) is 70.8 Å². The number of rotatable bonds is 8. The van der Waals surface area contributed by atoms with Crippen molar-refractivity contribution in [2.24, 2.45) is 0 Å². The van der Waals surface area contributed by atoms with Gasteiger partial charge in [0, 0.05) is 43.9 Å². The standard InChI is InChI=1S/C30H32N4O2/c1-22-7-5-6-10-26(22)25-13-11-24(12-14-25)20-33-16-15-28-27(21-33)29(32-34(28)17-18-35)30(36)31-19-23-8-3-2-4-9-23/h2-14,35H,15-21H2,1H3,(H,31,36). The predicted molar refractivity (Wildman–Crippen MR) is 141 cm³/mol. The van der Waals surface area contributed by atoms with Gasteiger partial charge in [0.15, 0.2) is 5.69 Å². The van der Waals surface area contributed by atoms with Gasteiger partial charge in [0.1, 0.15) is 0 Å². The Kier molecular flexibility index (Phi) is 7.26. The molecular formula is C30H32N4O2. The van der Waals surface area contributed by atoms with Gasteiger partial charge in [0.2, 0.25) is 0 Å². The zero-order valence-electron chi connectivity index (χ0n) is 20.7. The Morgan fingerprint density at radius 3 is 2.47 bits per heavy atom. The summed E-state index contributed by atoms with van der Waals surface area (Å²) in [7, 11) is 0. The SMILES string of the molecule is Cc1ccccc1-c1ccc(CN2CCc3c(c(C(=O)NCc4ccccc4)nn3CCO)C2)cc1. The zero-order chi connectivity index (χ0) is 24.9. The van der Waals surface area contributed by atoms with Gasteiger partial charge in [-0.3, -0.25) is 14.4 Å². The summed E-state index contributed by atoms with van der Waals surface area (Å²) in [5.41, 5.74) is 8.53. The Morgan fingerprint density at radius 1 is 0.972 bits per heavy atom. The molecule has 5 rings (SSSR count). The highest BCUT2D eigenvalue weighted by Crippen LogP contribution is 2.26. The maximum Gasteiger partial charge on any atom is 0.272 e. The number of fused-ring (bicyclic) bond motifs is 1. The van der Waals surface area contributed by atoms with Crippen molar-refractivity contribution in [3.63, 3.8) is 0 Å². The van der Waals surface area contributed by atoms with Gasteiger partial charge in [-0.2, -0.15) is 5.10 Å². The number of hydrogen-bond donors (Lipinski definition) is 2. The van der Waals surface area contributed by atoms with Gasteiger partial charge in [-0.25, -0.2) is 0 Å². The van der Waals surface area contributed by atoms with E-state index in [1.54, 1.807) is 4.68 Å². The molecule has 0 spiro atoms. The minimum atomic E-state index is -0.170. The summed E-state index contributed by atoms with van der Waals surface area (Å²) in [4.78, 5) is 15.5. The fourth-order valence-electron chi connectivity index (χ4n) is 4.95. The molecule has 1 aromatic heterocycles. The molecule has 1 aliphatic rings. The van der Waals surface area contributed by atoms with E-state index in [1.807, 2.05) is 30.3 Å². The zero-order valence-corrected chi connectivity index (χ0v) is 20.7. The van der Waals surface area contributed by atoms with E-state index < -0.39 is 0 Å². The Balaban J connectivity index is 1.30. The minimum absolute atomic E-state index is 0.00382. The number of carbonyl (C=O) groups is 1. The van der Waals surface area contributed by atoms with Crippen LogP contribution in [0.1, 0.15) is 38.4 Å². The monoisotopic (exact) mass is 480 g/mol. The molecule has 0 saturated carbocycles. The first-order valence-corrected chi connectivity index (χ1v) is 12.5. The smallest absolute Gasteiger partial charge is 0.272 e. The third-order valence-electron chi connectivity index (χ3n) is 6.85. The molecule has 2 N–H and O–H groups in total. The average molecular weight is 481 g/mol. The molecule has 3 aromatic carbocycles. The van der Waals surface area contributed by atoms with Crippen LogP contribution in [0.5, 0.6) is 0 Å². The Bertz CT molecular complexity index is 1330. The maximum absolute atomic E-state index is 13.1. The topological polar surface area (TPSA) is 70.4 Å². The molecule has 1 amide bonds. The second kappa shape index (κ2) is 10.9. The van der Waals surface area contributed by atoms with Crippen molar-refractivity contribution >= 4 is 5.91 Å². The summed E-state index contributed by atoms with van der Waals surface area (Å²) in [6.45, 7) is 5.34. The quantitative estimate of drug-likeness (QED) is 0.394. The molecule has 0 bridgehead atoms. The summed E-state index contributed by atoms with van der Waals surface area (Å²) in [6, 6.07) is 27.1. The second-order valence-corrected chi connectivity index (χ2v) is 9.36. The Hall–Kier alpha value is -3.74. The molecule has 2 heterocycles. The highest BCUT2D eigenvalue weighted by Gasteiger charge is 2.28. The molecule has 6 nitrogen and oxygen atoms in total. The van der Waals surface area contributed by atoms with E-state index in [4.69, 9.17) is 0 Å². The molecule has 0 radical (unpaired) electrons. The average Bonchev–Trinajstić information content (AvgIpc) is 3.27. The van der Waals surface area contributed by atoms with Crippen LogP contribution in [0, 0.1) is 6.92 Å². The van der Waals surface area contributed by atoms with Crippen LogP contribution in [-0.2, 0) is 32.6 Å². The van der Waals surface area contributed by atoms with Crippen molar-refractivity contribution in [2.75, 3.05) is 13.2 Å². The molecule has 0 saturated heterocycles. The van der Waals surface area contributed by atoms with Gasteiger partial charge < -0.3 is 10.4 Å². The normalized spacial score (nSPS) is 13.4. The number of aromatic nitrogens is 2. The van der Waals surface area contributed by atoms with Crippen LogP contribution in [0.3, 0.4) is 0 Å². The van der Waals surface area contributed by atoms with E-state index in [9.17, 15) is 9.90 Å². The highest BCUT2D eigenvalue weighted by atomic mass is 16.3. The fraction of sp³-hybridized carbons (Fsp3) is 0.267. The Labute approximate surface area is 212 Å². The van der Waals surface area contributed by atoms with E-state index in [0.29, 0.717) is 25.3 Å². The van der Waals surface area contributed by atoms with Crippen molar-refractivity contribution < 1.29 is 9.90 Å². The van der Waals surface area contributed by atoms with Crippen LogP contribution >= 0.6 is 0 Å². The molecule has 1 aliphatic heterocycles. The highest BCUT2D eigenvalue weighted by molar-refractivity contribution is 5.94. The van der Waals surface area contributed by atoms with E-state index >= 15 is 0 Å². The first kappa shape index (κ1) is 24.0. The number of nitrogens with zero attached hydrogens (tertiary/aromatic N) is 3. The molecule has 0 aliphatic carbocycles. The lowest BCUT2D eigenvalue weighted by molar-refractivity contribution is 0.0942. The van der Waals surface area contributed by atoms with Crippen LogP contribution in [0.15, 0.2) is 78.9 Å². The first-order chi connectivity index (χ1) is 17.6. The van der Waals surface area contributed by atoms with Crippen molar-refractivity contribution in [1.82, 2.24) is 20.0 Å². The molecule has 0 fully saturated rings. The van der Waals surface area contributed by atoms with Crippen molar-refractivity contribution in [1.29, 1.82) is 0 Å². The minimum Gasteiger partial charge on any atom is -0.394 e. The second-order valence-electron chi connectivity index (χ2n) is 9.36. The number of aryl methyl sites for hydroxylation is 1.